The first-order valence-corrected chi connectivity index (χ1v) is 11.0. The van der Waals surface area contributed by atoms with Crippen LogP contribution in [0.5, 0.6) is 5.75 Å². The van der Waals surface area contributed by atoms with Crippen LogP contribution in [0.25, 0.3) is 21.5 Å². The van der Waals surface area contributed by atoms with Gasteiger partial charge in [0.15, 0.2) is 0 Å². The van der Waals surface area contributed by atoms with Crippen molar-refractivity contribution < 1.29 is 22.3 Å². The van der Waals surface area contributed by atoms with Gasteiger partial charge in [0.1, 0.15) is 5.75 Å². The number of benzene rings is 4. The normalized spacial score (nSPS) is 11.6. The topological polar surface area (TPSA) is 95.7 Å². The monoisotopic (exact) mass is 437 g/mol. The molecule has 0 N–H and O–H groups in total. The zero-order valence-corrected chi connectivity index (χ0v) is 17.5. The molecule has 0 aliphatic heterocycles. The quantitative estimate of drug-likeness (QED) is 0.171. The van der Waals surface area contributed by atoms with Crippen molar-refractivity contribution in [1.82, 2.24) is 0 Å². The molecular formula is C23H19NO6S. The van der Waals surface area contributed by atoms with Gasteiger partial charge in [0, 0.05) is 22.9 Å². The molecule has 0 bridgehead atoms. The average molecular weight is 437 g/mol. The Hall–Kier alpha value is -3.49. The molecule has 31 heavy (non-hydrogen) atoms. The highest BCUT2D eigenvalue weighted by Crippen LogP contribution is 2.36. The Morgan fingerprint density at radius 2 is 1.61 bits per heavy atom. The van der Waals surface area contributed by atoms with E-state index in [0.717, 1.165) is 16.2 Å². The number of nitro groups is 1. The van der Waals surface area contributed by atoms with E-state index in [2.05, 4.69) is 0 Å². The van der Waals surface area contributed by atoms with Crippen LogP contribution in [0.3, 0.4) is 0 Å². The van der Waals surface area contributed by atoms with Crippen molar-refractivity contribution in [3.63, 3.8) is 0 Å². The SMILES string of the molecule is CCOc1c2ccccc2cc2ccc(S(=O)(=O)OCc3ccc([N+](=O)[O-])cc3)cc12. The lowest BCUT2D eigenvalue weighted by molar-refractivity contribution is -0.384. The fourth-order valence-electron chi connectivity index (χ4n) is 3.38. The van der Waals surface area contributed by atoms with Crippen molar-refractivity contribution in [2.75, 3.05) is 6.61 Å². The standard InChI is InChI=1S/C23H19NO6S/c1-2-29-23-21-6-4-3-5-17(21)13-18-9-12-20(14-22(18)23)31(27,28)30-15-16-7-10-19(11-8-16)24(25)26/h3-14H,2,15H2,1H3. The number of ether oxygens (including phenoxy) is 1. The van der Waals surface area contributed by atoms with Gasteiger partial charge >= 0.3 is 0 Å². The van der Waals surface area contributed by atoms with Crippen molar-refractivity contribution in [2.45, 2.75) is 18.4 Å². The summed E-state index contributed by atoms with van der Waals surface area (Å²) < 4.78 is 36.6. The zero-order valence-electron chi connectivity index (χ0n) is 16.6. The Morgan fingerprint density at radius 3 is 2.32 bits per heavy atom. The van der Waals surface area contributed by atoms with Crippen molar-refractivity contribution in [3.8, 4) is 5.75 Å². The summed E-state index contributed by atoms with van der Waals surface area (Å²) in [4.78, 5) is 10.2. The molecule has 0 radical (unpaired) electrons. The molecule has 0 aliphatic carbocycles. The van der Waals surface area contributed by atoms with Crippen LogP contribution in [-0.4, -0.2) is 19.9 Å². The molecule has 8 heteroatoms. The largest absolute Gasteiger partial charge is 0.493 e. The summed E-state index contributed by atoms with van der Waals surface area (Å²) in [6, 6.07) is 20.1. The van der Waals surface area contributed by atoms with E-state index in [0.29, 0.717) is 23.3 Å². The van der Waals surface area contributed by atoms with Gasteiger partial charge in [-0.3, -0.25) is 14.3 Å². The zero-order chi connectivity index (χ0) is 22.0. The second-order valence-electron chi connectivity index (χ2n) is 6.88. The Labute approximate surface area is 179 Å². The molecule has 7 nitrogen and oxygen atoms in total. The second-order valence-corrected chi connectivity index (χ2v) is 8.50. The molecule has 158 valence electrons. The van der Waals surface area contributed by atoms with Gasteiger partial charge in [0.25, 0.3) is 15.8 Å². The maximum Gasteiger partial charge on any atom is 0.297 e. The number of nitro benzene ring substituents is 1. The molecule has 0 saturated heterocycles. The van der Waals surface area contributed by atoms with E-state index in [1.165, 1.54) is 30.3 Å². The Bertz CT molecular complexity index is 1380. The first kappa shape index (κ1) is 20.8. The lowest BCUT2D eigenvalue weighted by atomic mass is 10.0. The number of hydrogen-bond acceptors (Lipinski definition) is 6. The minimum absolute atomic E-state index is 0.0122. The number of nitrogens with zero attached hydrogens (tertiary/aromatic N) is 1. The minimum atomic E-state index is -4.05. The van der Waals surface area contributed by atoms with Gasteiger partial charge in [-0.1, -0.05) is 30.3 Å². The van der Waals surface area contributed by atoms with Gasteiger partial charge in [-0.2, -0.15) is 8.42 Å². The van der Waals surface area contributed by atoms with Crippen LogP contribution in [0, 0.1) is 10.1 Å². The summed E-state index contributed by atoms with van der Waals surface area (Å²) in [5.41, 5.74) is 0.438. The van der Waals surface area contributed by atoms with Crippen molar-refractivity contribution in [2.24, 2.45) is 0 Å². The van der Waals surface area contributed by atoms with Crippen LogP contribution in [0.4, 0.5) is 5.69 Å². The van der Waals surface area contributed by atoms with E-state index in [9.17, 15) is 18.5 Å². The lowest BCUT2D eigenvalue weighted by Gasteiger charge is -2.13. The summed E-state index contributed by atoms with van der Waals surface area (Å²) in [7, 11) is -4.05. The van der Waals surface area contributed by atoms with Crippen LogP contribution in [-0.2, 0) is 20.9 Å². The average Bonchev–Trinajstić information content (AvgIpc) is 2.77. The molecule has 0 heterocycles. The molecule has 0 saturated carbocycles. The van der Waals surface area contributed by atoms with Gasteiger partial charge < -0.3 is 4.74 Å². The molecule has 4 aromatic carbocycles. The molecule has 0 aromatic heterocycles. The highest BCUT2D eigenvalue weighted by Gasteiger charge is 2.18. The predicted octanol–water partition coefficient (Wildman–Crippen LogP) is 5.21. The van der Waals surface area contributed by atoms with Crippen molar-refractivity contribution >= 4 is 37.4 Å². The maximum absolute atomic E-state index is 12.8. The summed E-state index contributed by atoms with van der Waals surface area (Å²) >= 11 is 0. The van der Waals surface area contributed by atoms with Gasteiger partial charge in [0.2, 0.25) is 0 Å². The molecule has 0 aliphatic rings. The van der Waals surface area contributed by atoms with Gasteiger partial charge in [-0.15, -0.1) is 0 Å². The lowest BCUT2D eigenvalue weighted by Crippen LogP contribution is -2.07. The highest BCUT2D eigenvalue weighted by molar-refractivity contribution is 7.86. The number of hydrogen-bond donors (Lipinski definition) is 0. The Morgan fingerprint density at radius 1 is 0.903 bits per heavy atom. The van der Waals surface area contributed by atoms with Crippen LogP contribution >= 0.6 is 0 Å². The first-order chi connectivity index (χ1) is 14.9. The molecule has 0 fully saturated rings. The van der Waals surface area contributed by atoms with E-state index in [1.807, 2.05) is 37.3 Å². The van der Waals surface area contributed by atoms with Crippen LogP contribution in [0.2, 0.25) is 0 Å². The highest BCUT2D eigenvalue weighted by atomic mass is 32.2. The van der Waals surface area contributed by atoms with Gasteiger partial charge in [-0.25, -0.2) is 0 Å². The van der Waals surface area contributed by atoms with E-state index in [4.69, 9.17) is 8.92 Å². The van der Waals surface area contributed by atoms with Crippen molar-refractivity contribution in [3.05, 3.63) is 88.5 Å². The van der Waals surface area contributed by atoms with E-state index in [-0.39, 0.29) is 17.2 Å². The molecule has 4 aromatic rings. The third kappa shape index (κ3) is 4.21. The van der Waals surface area contributed by atoms with Crippen LogP contribution in [0.15, 0.2) is 77.7 Å². The molecule has 0 unspecified atom stereocenters. The van der Waals surface area contributed by atoms with Gasteiger partial charge in [-0.05, 0) is 53.6 Å². The number of rotatable bonds is 7. The van der Waals surface area contributed by atoms with E-state index in [1.54, 1.807) is 12.1 Å². The van der Waals surface area contributed by atoms with E-state index < -0.39 is 15.0 Å². The predicted molar refractivity (Wildman–Crippen MR) is 118 cm³/mol. The number of fused-ring (bicyclic) bond motifs is 2. The fraction of sp³-hybridized carbons (Fsp3) is 0.130. The third-order valence-corrected chi connectivity index (χ3v) is 6.15. The minimum Gasteiger partial charge on any atom is -0.493 e. The fourth-order valence-corrected chi connectivity index (χ4v) is 4.31. The summed E-state index contributed by atoms with van der Waals surface area (Å²) in [5, 5.41) is 14.2. The Balaban J connectivity index is 1.68. The molecule has 0 atom stereocenters. The van der Waals surface area contributed by atoms with Crippen LogP contribution < -0.4 is 4.74 Å². The van der Waals surface area contributed by atoms with Gasteiger partial charge in [0.05, 0.1) is 23.0 Å². The van der Waals surface area contributed by atoms with Crippen molar-refractivity contribution in [1.29, 1.82) is 0 Å². The molecule has 4 rings (SSSR count). The molecule has 0 spiro atoms. The molecule has 0 amide bonds. The maximum atomic E-state index is 12.8. The first-order valence-electron chi connectivity index (χ1n) is 9.60. The number of non-ortho nitro benzene ring substituents is 1. The summed E-state index contributed by atoms with van der Waals surface area (Å²) in [6.07, 6.45) is 0. The van der Waals surface area contributed by atoms with E-state index >= 15 is 0 Å². The third-order valence-electron chi connectivity index (χ3n) is 4.89. The smallest absolute Gasteiger partial charge is 0.297 e. The van der Waals surface area contributed by atoms with Crippen LogP contribution in [0.1, 0.15) is 12.5 Å². The Kier molecular flexibility index (Phi) is 5.58. The summed E-state index contributed by atoms with van der Waals surface area (Å²) in [5.74, 6) is 0.628. The molecular weight excluding hydrogens is 418 g/mol. The summed E-state index contributed by atoms with van der Waals surface area (Å²) in [6.45, 7) is 2.09. The second kappa shape index (κ2) is 8.33.